The van der Waals surface area contributed by atoms with E-state index in [2.05, 4.69) is 11.5 Å². The highest BCUT2D eigenvalue weighted by molar-refractivity contribution is 5.86. The molecule has 0 unspecified atom stereocenters. The lowest BCUT2D eigenvalue weighted by Crippen LogP contribution is -1.99. The molecule has 0 amide bonds. The molecule has 0 fully saturated rings. The van der Waals surface area contributed by atoms with Gasteiger partial charge in [0.05, 0.1) is 0 Å². The minimum Gasteiger partial charge on any atom is -0.481 e. The van der Waals surface area contributed by atoms with E-state index in [0.717, 1.165) is 6.92 Å². The molecular weight excluding hydrogens is 152 g/mol. The average molecular weight is 162 g/mol. The summed E-state index contributed by atoms with van der Waals surface area (Å²) in [7, 11) is 0. The van der Waals surface area contributed by atoms with E-state index in [1.54, 1.807) is 0 Å². The summed E-state index contributed by atoms with van der Waals surface area (Å²) in [6.45, 7) is 5.72. The zero-order valence-electron chi connectivity index (χ0n) is 6.33. The van der Waals surface area contributed by atoms with E-state index in [-0.39, 0.29) is 5.57 Å². The van der Waals surface area contributed by atoms with Gasteiger partial charge in [-0.25, -0.2) is 4.79 Å². The standard InChI is InChI=1S/C4H6O3.C2H4O2/c1-3(2)4(5)7-6;1-2(3)4/h6H,1H2,2H3;1H3,(H,3,4). The van der Waals surface area contributed by atoms with Gasteiger partial charge in [0.25, 0.3) is 5.97 Å². The minimum absolute atomic E-state index is 0.183. The van der Waals surface area contributed by atoms with Crippen molar-refractivity contribution in [3.8, 4) is 0 Å². The molecule has 0 saturated heterocycles. The Morgan fingerprint density at radius 2 is 1.64 bits per heavy atom. The lowest BCUT2D eigenvalue weighted by Gasteiger charge is -1.88. The fourth-order valence-corrected chi connectivity index (χ4v) is 0.0779. The van der Waals surface area contributed by atoms with Crippen LogP contribution in [-0.4, -0.2) is 22.3 Å². The van der Waals surface area contributed by atoms with E-state index in [9.17, 15) is 4.79 Å². The molecule has 2 N–H and O–H groups in total. The molecule has 0 bridgehead atoms. The Balaban J connectivity index is 0. The van der Waals surface area contributed by atoms with E-state index in [1.165, 1.54) is 6.92 Å². The monoisotopic (exact) mass is 162 g/mol. The first-order valence-electron chi connectivity index (χ1n) is 2.62. The Morgan fingerprint density at radius 1 is 1.36 bits per heavy atom. The van der Waals surface area contributed by atoms with E-state index >= 15 is 0 Å². The highest BCUT2D eigenvalue weighted by atomic mass is 17.1. The maximum atomic E-state index is 9.94. The summed E-state index contributed by atoms with van der Waals surface area (Å²) in [6.07, 6.45) is 0. The van der Waals surface area contributed by atoms with Gasteiger partial charge in [0.2, 0.25) is 0 Å². The molecule has 11 heavy (non-hydrogen) atoms. The number of aliphatic carboxylic acids is 1. The van der Waals surface area contributed by atoms with E-state index in [1.807, 2.05) is 0 Å². The molecule has 0 aromatic carbocycles. The van der Waals surface area contributed by atoms with Crippen molar-refractivity contribution in [3.05, 3.63) is 12.2 Å². The van der Waals surface area contributed by atoms with Gasteiger partial charge < -0.3 is 5.11 Å². The van der Waals surface area contributed by atoms with Gasteiger partial charge in [-0.1, -0.05) is 6.58 Å². The summed E-state index contributed by atoms with van der Waals surface area (Å²) in [5, 5.41) is 15.0. The summed E-state index contributed by atoms with van der Waals surface area (Å²) in [4.78, 5) is 22.2. The lowest BCUT2D eigenvalue weighted by molar-refractivity contribution is -0.229. The Bertz CT molecular complexity index is 156. The van der Waals surface area contributed by atoms with Gasteiger partial charge in [-0.2, -0.15) is 5.26 Å². The molecule has 0 radical (unpaired) electrons. The number of hydrogen-bond acceptors (Lipinski definition) is 4. The van der Waals surface area contributed by atoms with Crippen molar-refractivity contribution in [1.82, 2.24) is 0 Å². The molecule has 5 heteroatoms. The Kier molecular flexibility index (Phi) is 7.57. The van der Waals surface area contributed by atoms with Gasteiger partial charge in [-0.05, 0) is 6.92 Å². The summed E-state index contributed by atoms with van der Waals surface area (Å²) < 4.78 is 0. The second-order valence-corrected chi connectivity index (χ2v) is 1.68. The maximum absolute atomic E-state index is 9.94. The van der Waals surface area contributed by atoms with Gasteiger partial charge in [-0.3, -0.25) is 9.68 Å². The van der Waals surface area contributed by atoms with Crippen LogP contribution in [-0.2, 0) is 14.5 Å². The predicted molar refractivity (Wildman–Crippen MR) is 36.8 cm³/mol. The van der Waals surface area contributed by atoms with Crippen LogP contribution in [0.4, 0.5) is 0 Å². The number of carboxylic acids is 1. The number of carbonyl (C=O) groups is 2. The van der Waals surface area contributed by atoms with Crippen molar-refractivity contribution in [2.45, 2.75) is 13.8 Å². The number of carbonyl (C=O) groups excluding carboxylic acids is 1. The van der Waals surface area contributed by atoms with Gasteiger partial charge in [0.15, 0.2) is 0 Å². The van der Waals surface area contributed by atoms with Crippen LogP contribution >= 0.6 is 0 Å². The largest absolute Gasteiger partial charge is 0.481 e. The normalized spacial score (nSPS) is 7.18. The van der Waals surface area contributed by atoms with Crippen LogP contribution in [0.1, 0.15) is 13.8 Å². The maximum Gasteiger partial charge on any atom is 0.367 e. The highest BCUT2D eigenvalue weighted by Crippen LogP contribution is 1.86. The van der Waals surface area contributed by atoms with Gasteiger partial charge in [-0.15, -0.1) is 0 Å². The van der Waals surface area contributed by atoms with Crippen molar-refractivity contribution in [3.63, 3.8) is 0 Å². The van der Waals surface area contributed by atoms with Crippen LogP contribution in [0.3, 0.4) is 0 Å². The third-order valence-corrected chi connectivity index (χ3v) is 0.431. The quantitative estimate of drug-likeness (QED) is 0.336. The number of hydrogen-bond donors (Lipinski definition) is 2. The molecule has 0 aromatic rings. The first kappa shape index (κ1) is 12.3. The van der Waals surface area contributed by atoms with Crippen LogP contribution in [0, 0.1) is 0 Å². The predicted octanol–water partition coefficient (Wildman–Crippen LogP) is 0.670. The van der Waals surface area contributed by atoms with E-state index in [0.29, 0.717) is 0 Å². The van der Waals surface area contributed by atoms with Gasteiger partial charge >= 0.3 is 5.97 Å². The number of rotatable bonds is 1. The van der Waals surface area contributed by atoms with Crippen LogP contribution in [0.2, 0.25) is 0 Å². The zero-order valence-corrected chi connectivity index (χ0v) is 6.33. The first-order chi connectivity index (χ1) is 4.91. The van der Waals surface area contributed by atoms with E-state index < -0.39 is 11.9 Å². The summed E-state index contributed by atoms with van der Waals surface area (Å²) in [6, 6.07) is 0. The molecule has 0 aromatic heterocycles. The van der Waals surface area contributed by atoms with E-state index in [4.69, 9.17) is 15.2 Å². The second-order valence-electron chi connectivity index (χ2n) is 1.68. The van der Waals surface area contributed by atoms with Crippen LogP contribution in [0.15, 0.2) is 12.2 Å². The molecule has 5 nitrogen and oxygen atoms in total. The first-order valence-corrected chi connectivity index (χ1v) is 2.62. The van der Waals surface area contributed by atoms with Gasteiger partial charge in [0, 0.05) is 12.5 Å². The van der Waals surface area contributed by atoms with Crippen LogP contribution in [0.25, 0.3) is 0 Å². The molecule has 64 valence electrons. The molecule has 0 atom stereocenters. The van der Waals surface area contributed by atoms with Crippen molar-refractivity contribution in [2.75, 3.05) is 0 Å². The topological polar surface area (TPSA) is 83.8 Å². The fraction of sp³-hybridized carbons (Fsp3) is 0.333. The molecule has 0 heterocycles. The molecule has 0 spiro atoms. The average Bonchev–Trinajstić information content (AvgIpc) is 1.85. The molecule has 0 rings (SSSR count). The smallest absolute Gasteiger partial charge is 0.367 e. The summed E-state index contributed by atoms with van der Waals surface area (Å²) >= 11 is 0. The Hall–Kier alpha value is -1.36. The second kappa shape index (κ2) is 6.76. The van der Waals surface area contributed by atoms with Crippen LogP contribution < -0.4 is 0 Å². The third-order valence-electron chi connectivity index (χ3n) is 0.431. The van der Waals surface area contributed by atoms with Crippen molar-refractivity contribution in [2.24, 2.45) is 0 Å². The number of carboxylic acid groups (broad SMARTS) is 1. The molecule has 0 aliphatic carbocycles. The van der Waals surface area contributed by atoms with Gasteiger partial charge in [0.1, 0.15) is 0 Å². The molecule has 0 saturated carbocycles. The van der Waals surface area contributed by atoms with Crippen LogP contribution in [0.5, 0.6) is 0 Å². The lowest BCUT2D eigenvalue weighted by atomic mass is 10.4. The minimum atomic E-state index is -0.833. The Morgan fingerprint density at radius 3 is 1.64 bits per heavy atom. The highest BCUT2D eigenvalue weighted by Gasteiger charge is 1.98. The Labute approximate surface area is 63.8 Å². The van der Waals surface area contributed by atoms with Crippen molar-refractivity contribution < 1.29 is 24.8 Å². The molecule has 0 aliphatic heterocycles. The SMILES string of the molecule is C=C(C)C(=O)OO.CC(=O)O. The summed E-state index contributed by atoms with van der Waals surface area (Å²) in [5.74, 6) is -1.62. The van der Waals surface area contributed by atoms with Crippen molar-refractivity contribution >= 4 is 11.9 Å². The zero-order chi connectivity index (χ0) is 9.44. The molecule has 0 aliphatic rings. The summed E-state index contributed by atoms with van der Waals surface area (Å²) in [5.41, 5.74) is 0.183. The fourth-order valence-electron chi connectivity index (χ4n) is 0.0779. The molecular formula is C6H10O5. The van der Waals surface area contributed by atoms with Crippen molar-refractivity contribution in [1.29, 1.82) is 0 Å². The third kappa shape index (κ3) is 17.7.